The summed E-state index contributed by atoms with van der Waals surface area (Å²) in [6.45, 7) is 1.62. The van der Waals surface area contributed by atoms with E-state index in [0.29, 0.717) is 0 Å². The molecule has 0 aliphatic carbocycles. The van der Waals surface area contributed by atoms with Crippen molar-refractivity contribution in [1.29, 1.82) is 0 Å². The van der Waals surface area contributed by atoms with E-state index in [1.807, 2.05) is 19.1 Å². The molecule has 1 aromatic rings. The van der Waals surface area contributed by atoms with E-state index in [1.54, 1.807) is 12.4 Å². The maximum Gasteiger partial charge on any atom is 0.522 e. The monoisotopic (exact) mass is 234 g/mol. The number of rotatable bonds is 5. The van der Waals surface area contributed by atoms with E-state index in [9.17, 15) is 13.2 Å². The Labute approximate surface area is 91.6 Å². The van der Waals surface area contributed by atoms with Crippen LogP contribution < -0.4 is 5.32 Å². The zero-order chi connectivity index (χ0) is 12.0. The molecule has 0 saturated heterocycles. The van der Waals surface area contributed by atoms with Gasteiger partial charge in [-0.2, -0.15) is 0 Å². The summed E-state index contributed by atoms with van der Waals surface area (Å²) in [6, 6.07) is 3.59. The van der Waals surface area contributed by atoms with Gasteiger partial charge in [0.2, 0.25) is 0 Å². The zero-order valence-electron chi connectivity index (χ0n) is 8.79. The molecule has 0 saturated carbocycles. The Morgan fingerprint density at radius 1 is 1.38 bits per heavy atom. The molecule has 1 heterocycles. The maximum atomic E-state index is 11.6. The predicted octanol–water partition coefficient (Wildman–Crippen LogP) is 2.27. The zero-order valence-corrected chi connectivity index (χ0v) is 8.79. The van der Waals surface area contributed by atoms with E-state index in [0.717, 1.165) is 5.56 Å². The molecule has 1 rings (SSSR count). The van der Waals surface area contributed by atoms with Gasteiger partial charge in [0.25, 0.3) is 0 Å². The van der Waals surface area contributed by atoms with E-state index in [1.165, 1.54) is 0 Å². The number of nitrogens with zero attached hydrogens (tertiary/aromatic N) is 1. The van der Waals surface area contributed by atoms with Crippen LogP contribution in [-0.2, 0) is 4.74 Å². The highest BCUT2D eigenvalue weighted by molar-refractivity contribution is 5.13. The number of hydrogen-bond acceptors (Lipinski definition) is 3. The van der Waals surface area contributed by atoms with Gasteiger partial charge in [0.05, 0.1) is 6.61 Å². The fourth-order valence-corrected chi connectivity index (χ4v) is 1.21. The van der Waals surface area contributed by atoms with Crippen LogP contribution in [0.5, 0.6) is 0 Å². The lowest BCUT2D eigenvalue weighted by atomic mass is 10.1. The molecule has 3 nitrogen and oxygen atoms in total. The molecule has 0 spiro atoms. The van der Waals surface area contributed by atoms with E-state index < -0.39 is 6.36 Å². The first-order valence-electron chi connectivity index (χ1n) is 4.83. The van der Waals surface area contributed by atoms with Crippen LogP contribution in [0.1, 0.15) is 18.5 Å². The number of alkyl halides is 3. The Morgan fingerprint density at radius 2 is 2.00 bits per heavy atom. The van der Waals surface area contributed by atoms with Crippen LogP contribution in [0.15, 0.2) is 24.5 Å². The van der Waals surface area contributed by atoms with Crippen molar-refractivity contribution in [3.8, 4) is 0 Å². The standard InChI is InChI=1S/C10H13F3N2O/c1-8(9-2-4-14-5-3-9)15-6-7-16-10(11,12)13/h2-5,8,15H,6-7H2,1H3/t8-/m1/s1. The normalized spacial score (nSPS) is 13.8. The summed E-state index contributed by atoms with van der Waals surface area (Å²) >= 11 is 0. The summed E-state index contributed by atoms with van der Waals surface area (Å²) in [4.78, 5) is 3.86. The van der Waals surface area contributed by atoms with E-state index in [2.05, 4.69) is 15.0 Å². The summed E-state index contributed by atoms with van der Waals surface area (Å²) in [5, 5.41) is 2.92. The van der Waals surface area contributed by atoms with Crippen molar-refractivity contribution in [3.05, 3.63) is 30.1 Å². The van der Waals surface area contributed by atoms with E-state index >= 15 is 0 Å². The molecule has 0 unspecified atom stereocenters. The third-order valence-corrected chi connectivity index (χ3v) is 2.02. The Morgan fingerprint density at radius 3 is 2.56 bits per heavy atom. The molecule has 0 fully saturated rings. The Bertz CT molecular complexity index is 303. The first kappa shape index (κ1) is 12.9. The minimum Gasteiger partial charge on any atom is -0.308 e. The van der Waals surface area contributed by atoms with Crippen LogP contribution in [0, 0.1) is 0 Å². The van der Waals surface area contributed by atoms with E-state index in [-0.39, 0.29) is 19.2 Å². The average Bonchev–Trinajstić information content (AvgIpc) is 2.24. The summed E-state index contributed by atoms with van der Waals surface area (Å²) < 4.78 is 38.6. The summed E-state index contributed by atoms with van der Waals surface area (Å²) in [6.07, 6.45) is -1.28. The molecule has 6 heteroatoms. The molecule has 90 valence electrons. The lowest BCUT2D eigenvalue weighted by Crippen LogP contribution is -2.26. The predicted molar refractivity (Wildman–Crippen MR) is 52.7 cm³/mol. The van der Waals surface area contributed by atoms with Gasteiger partial charge in [-0.15, -0.1) is 13.2 Å². The Kier molecular flexibility index (Phi) is 4.70. The number of hydrogen-bond donors (Lipinski definition) is 1. The molecule has 0 aliphatic rings. The fraction of sp³-hybridized carbons (Fsp3) is 0.500. The molecule has 1 N–H and O–H groups in total. The second-order valence-corrected chi connectivity index (χ2v) is 3.25. The van der Waals surface area contributed by atoms with Crippen molar-refractivity contribution in [2.24, 2.45) is 0 Å². The lowest BCUT2D eigenvalue weighted by molar-refractivity contribution is -0.323. The molecule has 16 heavy (non-hydrogen) atoms. The number of aromatic nitrogens is 1. The maximum absolute atomic E-state index is 11.6. The second kappa shape index (κ2) is 5.81. The van der Waals surface area contributed by atoms with Crippen molar-refractivity contribution in [2.75, 3.05) is 13.2 Å². The number of pyridine rings is 1. The largest absolute Gasteiger partial charge is 0.522 e. The Hall–Kier alpha value is -1.14. The van der Waals surface area contributed by atoms with Gasteiger partial charge in [-0.25, -0.2) is 0 Å². The van der Waals surface area contributed by atoms with Gasteiger partial charge in [-0.1, -0.05) is 0 Å². The minimum absolute atomic E-state index is 0.0279. The molecule has 1 aromatic heterocycles. The van der Waals surface area contributed by atoms with Crippen molar-refractivity contribution in [2.45, 2.75) is 19.3 Å². The quantitative estimate of drug-likeness (QED) is 0.793. The van der Waals surface area contributed by atoms with Gasteiger partial charge in [0, 0.05) is 25.0 Å². The first-order valence-corrected chi connectivity index (χ1v) is 4.83. The van der Waals surface area contributed by atoms with E-state index in [4.69, 9.17) is 0 Å². The van der Waals surface area contributed by atoms with Gasteiger partial charge in [0.1, 0.15) is 0 Å². The molecular formula is C10H13F3N2O. The van der Waals surface area contributed by atoms with Crippen molar-refractivity contribution in [3.63, 3.8) is 0 Å². The molecule has 0 aliphatic heterocycles. The van der Waals surface area contributed by atoms with Crippen LogP contribution in [0.4, 0.5) is 13.2 Å². The highest BCUT2D eigenvalue weighted by Gasteiger charge is 2.28. The highest BCUT2D eigenvalue weighted by Crippen LogP contribution is 2.15. The topological polar surface area (TPSA) is 34.1 Å². The SMILES string of the molecule is C[C@@H](NCCOC(F)(F)F)c1ccncc1. The summed E-state index contributed by atoms with van der Waals surface area (Å²) in [7, 11) is 0. The summed E-state index contributed by atoms with van der Waals surface area (Å²) in [5.41, 5.74) is 0.974. The van der Waals surface area contributed by atoms with Crippen LogP contribution in [0.3, 0.4) is 0 Å². The smallest absolute Gasteiger partial charge is 0.308 e. The van der Waals surface area contributed by atoms with Crippen LogP contribution in [0.25, 0.3) is 0 Å². The third kappa shape index (κ3) is 5.09. The molecule has 0 aromatic carbocycles. The van der Waals surface area contributed by atoms with Crippen molar-refractivity contribution in [1.82, 2.24) is 10.3 Å². The van der Waals surface area contributed by atoms with Gasteiger partial charge in [-0.3, -0.25) is 9.72 Å². The van der Waals surface area contributed by atoms with Crippen LogP contribution in [0.2, 0.25) is 0 Å². The van der Waals surface area contributed by atoms with Gasteiger partial charge >= 0.3 is 6.36 Å². The second-order valence-electron chi connectivity index (χ2n) is 3.25. The number of nitrogens with one attached hydrogen (secondary N) is 1. The minimum atomic E-state index is -4.55. The molecule has 0 bridgehead atoms. The van der Waals surface area contributed by atoms with Crippen molar-refractivity contribution < 1.29 is 17.9 Å². The summed E-state index contributed by atoms with van der Waals surface area (Å²) in [5.74, 6) is 0. The fourth-order valence-electron chi connectivity index (χ4n) is 1.21. The van der Waals surface area contributed by atoms with Crippen LogP contribution in [-0.4, -0.2) is 24.5 Å². The van der Waals surface area contributed by atoms with Gasteiger partial charge in [0.15, 0.2) is 0 Å². The van der Waals surface area contributed by atoms with Crippen molar-refractivity contribution >= 4 is 0 Å². The van der Waals surface area contributed by atoms with Crippen LogP contribution >= 0.6 is 0 Å². The Balaban J connectivity index is 2.24. The lowest BCUT2D eigenvalue weighted by Gasteiger charge is -2.14. The molecule has 0 radical (unpaired) electrons. The molecule has 0 amide bonds. The highest BCUT2D eigenvalue weighted by atomic mass is 19.4. The molecule has 1 atom stereocenters. The third-order valence-electron chi connectivity index (χ3n) is 2.02. The number of ether oxygens (including phenoxy) is 1. The average molecular weight is 234 g/mol. The van der Waals surface area contributed by atoms with Gasteiger partial charge < -0.3 is 5.32 Å². The number of halogens is 3. The first-order chi connectivity index (χ1) is 7.49. The van der Waals surface area contributed by atoms with Gasteiger partial charge in [-0.05, 0) is 24.6 Å². The molecular weight excluding hydrogens is 221 g/mol.